The molecule has 1 aromatic heterocycles. The molecule has 0 radical (unpaired) electrons. The lowest BCUT2D eigenvalue weighted by Crippen LogP contribution is -2.07. The van der Waals surface area contributed by atoms with Gasteiger partial charge in [0.2, 0.25) is 0 Å². The average molecular weight is 663 g/mol. The number of benzene rings is 7. The summed E-state index contributed by atoms with van der Waals surface area (Å²) in [6.07, 6.45) is 9.34. The molecule has 2 aliphatic rings. The third kappa shape index (κ3) is 4.94. The Bertz CT molecular complexity index is 2790. The van der Waals surface area contributed by atoms with Crippen LogP contribution in [0.3, 0.4) is 0 Å². The van der Waals surface area contributed by atoms with Gasteiger partial charge in [0.25, 0.3) is 0 Å². The van der Waals surface area contributed by atoms with Crippen LogP contribution in [0.15, 0.2) is 164 Å². The summed E-state index contributed by atoms with van der Waals surface area (Å²) in [5, 5.41) is 14.2. The van der Waals surface area contributed by atoms with Crippen molar-refractivity contribution in [3.05, 3.63) is 175 Å². The van der Waals surface area contributed by atoms with Crippen LogP contribution in [0.2, 0.25) is 0 Å². The lowest BCUT2D eigenvalue weighted by molar-refractivity contribution is 0.764. The van der Waals surface area contributed by atoms with Gasteiger partial charge in [-0.25, -0.2) is 15.0 Å². The van der Waals surface area contributed by atoms with Crippen LogP contribution in [0.4, 0.5) is 0 Å². The van der Waals surface area contributed by atoms with E-state index in [0.29, 0.717) is 17.2 Å². The summed E-state index contributed by atoms with van der Waals surface area (Å²) >= 11 is 0. The highest BCUT2D eigenvalue weighted by Gasteiger charge is 2.25. The Morgan fingerprint density at radius 3 is 1.73 bits per heavy atom. The summed E-state index contributed by atoms with van der Waals surface area (Å²) in [5.41, 5.74) is 12.2. The molecule has 0 saturated carbocycles. The van der Waals surface area contributed by atoms with Gasteiger partial charge in [-0.3, -0.25) is 0 Å². The van der Waals surface area contributed by atoms with Crippen molar-refractivity contribution >= 4 is 21.5 Å². The summed E-state index contributed by atoms with van der Waals surface area (Å²) in [7, 11) is 0. The van der Waals surface area contributed by atoms with Gasteiger partial charge in [-0.15, -0.1) is 0 Å². The van der Waals surface area contributed by atoms with E-state index < -0.39 is 0 Å². The molecule has 2 aliphatic carbocycles. The Morgan fingerprint density at radius 2 is 1.06 bits per heavy atom. The molecule has 10 rings (SSSR count). The second-order valence-corrected chi connectivity index (χ2v) is 13.4. The van der Waals surface area contributed by atoms with Crippen molar-refractivity contribution in [2.75, 3.05) is 0 Å². The second-order valence-electron chi connectivity index (χ2n) is 13.4. The number of aromatic nitrogens is 3. The number of hydrogen-bond acceptors (Lipinski definition) is 4. The molecule has 4 nitrogen and oxygen atoms in total. The molecule has 0 fully saturated rings. The maximum atomic E-state index is 9.47. The van der Waals surface area contributed by atoms with E-state index in [1.165, 1.54) is 38.6 Å². The van der Waals surface area contributed by atoms with Crippen LogP contribution in [-0.4, -0.2) is 15.0 Å². The Kier molecular flexibility index (Phi) is 6.97. The van der Waals surface area contributed by atoms with Crippen molar-refractivity contribution in [2.24, 2.45) is 0 Å². The van der Waals surface area contributed by atoms with Gasteiger partial charge in [0.1, 0.15) is 5.82 Å². The highest BCUT2D eigenvalue weighted by Crippen LogP contribution is 2.52. The molecule has 7 aromatic carbocycles. The predicted molar refractivity (Wildman–Crippen MR) is 211 cm³/mol. The van der Waals surface area contributed by atoms with Crippen LogP contribution in [-0.2, 0) is 0 Å². The van der Waals surface area contributed by atoms with Gasteiger partial charge in [0.05, 0.1) is 11.6 Å². The highest BCUT2D eigenvalue weighted by atomic mass is 15.0. The summed E-state index contributed by atoms with van der Waals surface area (Å²) in [6, 6.07) is 51.3. The largest absolute Gasteiger partial charge is 0.212 e. The monoisotopic (exact) mass is 662 g/mol. The molecule has 8 aromatic rings. The number of nitrogens with zero attached hydrogens (tertiary/aromatic N) is 4. The van der Waals surface area contributed by atoms with Crippen LogP contribution in [0.1, 0.15) is 23.7 Å². The molecule has 4 heteroatoms. The maximum absolute atomic E-state index is 9.47. The van der Waals surface area contributed by atoms with Gasteiger partial charge < -0.3 is 0 Å². The fourth-order valence-electron chi connectivity index (χ4n) is 7.83. The normalized spacial score (nSPS) is 14.1. The zero-order valence-electron chi connectivity index (χ0n) is 28.2. The van der Waals surface area contributed by atoms with Gasteiger partial charge in [0, 0.05) is 17.0 Å². The van der Waals surface area contributed by atoms with E-state index in [1.54, 1.807) is 0 Å². The second kappa shape index (κ2) is 12.1. The van der Waals surface area contributed by atoms with Crippen LogP contribution in [0, 0.1) is 11.3 Å². The first-order valence-corrected chi connectivity index (χ1v) is 17.6. The summed E-state index contributed by atoms with van der Waals surface area (Å²) in [4.78, 5) is 14.9. The van der Waals surface area contributed by atoms with Crippen LogP contribution < -0.4 is 0 Å². The molecule has 1 heterocycles. The van der Waals surface area contributed by atoms with Gasteiger partial charge in [0.15, 0.2) is 11.6 Å². The Labute approximate surface area is 301 Å². The van der Waals surface area contributed by atoms with Gasteiger partial charge in [-0.1, -0.05) is 140 Å². The summed E-state index contributed by atoms with van der Waals surface area (Å²) in [6.45, 7) is 0. The number of nitriles is 1. The number of rotatable bonds is 5. The molecule has 242 valence electrons. The molecule has 0 N–H and O–H groups in total. The van der Waals surface area contributed by atoms with Crippen molar-refractivity contribution in [3.63, 3.8) is 0 Å². The van der Waals surface area contributed by atoms with Crippen LogP contribution >= 0.6 is 0 Å². The topological polar surface area (TPSA) is 62.5 Å². The fourth-order valence-corrected chi connectivity index (χ4v) is 7.83. The molecule has 0 amide bonds. The van der Waals surface area contributed by atoms with Crippen molar-refractivity contribution < 1.29 is 0 Å². The molecule has 0 aliphatic heterocycles. The highest BCUT2D eigenvalue weighted by molar-refractivity contribution is 6.22. The summed E-state index contributed by atoms with van der Waals surface area (Å²) < 4.78 is 0. The molecular formula is C48H30N4. The number of hydrogen-bond donors (Lipinski definition) is 0. The first-order valence-electron chi connectivity index (χ1n) is 17.6. The quantitative estimate of drug-likeness (QED) is 0.184. The Hall–Kier alpha value is -6.96. The fraction of sp³-hybridized carbons (Fsp3) is 0.0417. The smallest absolute Gasteiger partial charge is 0.163 e. The summed E-state index contributed by atoms with van der Waals surface area (Å²) in [5.74, 6) is 2.26. The lowest BCUT2D eigenvalue weighted by atomic mass is 9.88. The van der Waals surface area contributed by atoms with E-state index in [1.807, 2.05) is 42.5 Å². The van der Waals surface area contributed by atoms with Crippen molar-refractivity contribution in [3.8, 4) is 73.4 Å². The van der Waals surface area contributed by atoms with Crippen molar-refractivity contribution in [2.45, 2.75) is 12.3 Å². The maximum Gasteiger partial charge on any atom is 0.163 e. The Morgan fingerprint density at radius 1 is 0.481 bits per heavy atom. The Balaban J connectivity index is 1.11. The predicted octanol–water partition coefficient (Wildman–Crippen LogP) is 12.0. The zero-order valence-corrected chi connectivity index (χ0v) is 28.2. The third-order valence-electron chi connectivity index (χ3n) is 10.4. The van der Waals surface area contributed by atoms with Gasteiger partial charge in [-0.2, -0.15) is 5.26 Å². The average Bonchev–Trinajstić information content (AvgIpc) is 3.55. The third-order valence-corrected chi connectivity index (χ3v) is 10.4. The molecule has 0 bridgehead atoms. The first kappa shape index (κ1) is 29.9. The molecule has 52 heavy (non-hydrogen) atoms. The molecule has 1 unspecified atom stereocenters. The zero-order chi connectivity index (χ0) is 34.6. The van der Waals surface area contributed by atoms with Gasteiger partial charge in [-0.05, 0) is 96.7 Å². The van der Waals surface area contributed by atoms with Crippen molar-refractivity contribution in [1.29, 1.82) is 5.26 Å². The molecular weight excluding hydrogens is 633 g/mol. The number of fused-ring (bicyclic) bond motifs is 4. The van der Waals surface area contributed by atoms with E-state index in [-0.39, 0.29) is 5.92 Å². The molecule has 1 atom stereocenters. The van der Waals surface area contributed by atoms with E-state index >= 15 is 0 Å². The van der Waals surface area contributed by atoms with E-state index in [4.69, 9.17) is 15.0 Å². The first-order chi connectivity index (χ1) is 25.7. The SMILES string of the molecule is N#Cc1ccc(-c2ccc3c4c(ccc(-c5ccc6cc(-c7nc(-c8ccccc8)nc(C8C=CC=CC8)n7)ccc6c5)c24)-c2ccccc2-3)cc1. The van der Waals surface area contributed by atoms with Gasteiger partial charge >= 0.3 is 0 Å². The number of allylic oxidation sites excluding steroid dienone is 4. The van der Waals surface area contributed by atoms with Crippen LogP contribution in [0.25, 0.3) is 88.8 Å². The minimum Gasteiger partial charge on any atom is -0.212 e. The van der Waals surface area contributed by atoms with E-state index in [9.17, 15) is 5.26 Å². The minimum absolute atomic E-state index is 0.108. The van der Waals surface area contributed by atoms with Crippen molar-refractivity contribution in [1.82, 2.24) is 15.0 Å². The molecule has 0 spiro atoms. The van der Waals surface area contributed by atoms with Crippen LogP contribution in [0.5, 0.6) is 0 Å². The van der Waals surface area contributed by atoms with E-state index in [0.717, 1.165) is 50.8 Å². The lowest BCUT2D eigenvalue weighted by Gasteiger charge is -2.16. The van der Waals surface area contributed by atoms with E-state index in [2.05, 4.69) is 127 Å². The minimum atomic E-state index is 0.108. The molecule has 0 saturated heterocycles. The standard InChI is InChI=1S/C48H30N4/c49-29-30-15-17-31(18-16-30)38-23-25-42-40-13-7-8-14-41(40)43-26-24-39(44(38)45(42)43)36-21-19-35-28-37(22-20-34(35)27-36)48-51-46(32-9-3-1-4-10-32)50-47(52-48)33-11-5-2-6-12-33/h1-11,13-28,33H,12H2.